The van der Waals surface area contributed by atoms with Crippen LogP contribution in [0.4, 0.5) is 8.78 Å². The van der Waals surface area contributed by atoms with Crippen molar-refractivity contribution in [2.45, 2.75) is 39.2 Å². The summed E-state index contributed by atoms with van der Waals surface area (Å²) in [5.41, 5.74) is 3.55. The summed E-state index contributed by atoms with van der Waals surface area (Å²) >= 11 is 3.44. The molecule has 0 atom stereocenters. The summed E-state index contributed by atoms with van der Waals surface area (Å²) in [6.07, 6.45) is -0.909. The molecule has 0 spiro atoms. The van der Waals surface area contributed by atoms with Gasteiger partial charge in [-0.25, -0.2) is 8.78 Å². The monoisotopic (exact) mass is 439 g/mol. The van der Waals surface area contributed by atoms with Crippen LogP contribution in [0.1, 0.15) is 34.6 Å². The molecule has 2 heterocycles. The van der Waals surface area contributed by atoms with E-state index < -0.39 is 6.43 Å². The summed E-state index contributed by atoms with van der Waals surface area (Å²) in [4.78, 5) is 14.5. The number of nitrogens with one attached hydrogen (secondary N) is 1. The Morgan fingerprint density at radius 1 is 1.22 bits per heavy atom. The zero-order valence-corrected chi connectivity index (χ0v) is 17.1. The summed E-state index contributed by atoms with van der Waals surface area (Å²) in [5.74, 6) is -0.0984. The van der Waals surface area contributed by atoms with Gasteiger partial charge in [-0.15, -0.1) is 0 Å². The van der Waals surface area contributed by atoms with E-state index in [0.717, 1.165) is 21.5 Å². The fourth-order valence-electron chi connectivity index (χ4n) is 3.70. The minimum atomic E-state index is -2.31. The lowest BCUT2D eigenvalue weighted by Crippen LogP contribution is -2.45. The molecular weight excluding hydrogens is 416 g/mol. The highest BCUT2D eigenvalue weighted by Gasteiger charge is 2.24. The number of piperidine rings is 1. The molecule has 1 N–H and O–H groups in total. The molecule has 3 rings (SSSR count). The number of hydrogen-bond acceptors (Lipinski definition) is 2. The number of halogens is 3. The maximum atomic E-state index is 12.8. The Kier molecular flexibility index (Phi) is 6.32. The first-order chi connectivity index (χ1) is 12.8. The standard InChI is InChI=1S/C20H24BrF2N3O/c1-13-11-18(14(2)26(13)17-5-3-15(21)4-6-17)20(27)24-16-7-9-25(10-8-16)12-19(22)23/h3-6,11,16,19H,7-10,12H2,1-2H3,(H,24,27). The molecule has 1 aliphatic rings. The van der Waals surface area contributed by atoms with Crippen LogP contribution < -0.4 is 5.32 Å². The van der Waals surface area contributed by atoms with Crippen LogP contribution in [0, 0.1) is 13.8 Å². The molecule has 146 valence electrons. The predicted molar refractivity (Wildman–Crippen MR) is 106 cm³/mol. The van der Waals surface area contributed by atoms with E-state index in [1.165, 1.54) is 0 Å². The molecule has 1 aromatic carbocycles. The highest BCUT2D eigenvalue weighted by molar-refractivity contribution is 9.10. The second kappa shape index (κ2) is 8.52. The molecule has 7 heteroatoms. The van der Waals surface area contributed by atoms with Gasteiger partial charge in [-0.1, -0.05) is 15.9 Å². The summed E-state index contributed by atoms with van der Waals surface area (Å²) in [5, 5.41) is 3.08. The van der Waals surface area contributed by atoms with Gasteiger partial charge in [-0.3, -0.25) is 9.69 Å². The first-order valence-electron chi connectivity index (χ1n) is 9.11. The zero-order chi connectivity index (χ0) is 19.6. The van der Waals surface area contributed by atoms with Gasteiger partial charge in [0.05, 0.1) is 12.1 Å². The lowest BCUT2D eigenvalue weighted by atomic mass is 10.0. The van der Waals surface area contributed by atoms with Gasteiger partial charge in [0, 0.05) is 40.7 Å². The van der Waals surface area contributed by atoms with Gasteiger partial charge in [-0.2, -0.15) is 0 Å². The van der Waals surface area contributed by atoms with E-state index in [-0.39, 0.29) is 18.5 Å². The second-order valence-corrected chi connectivity index (χ2v) is 7.95. The largest absolute Gasteiger partial charge is 0.349 e. The number of carbonyl (C=O) groups excluding carboxylic acids is 1. The number of aryl methyl sites for hydroxylation is 1. The molecule has 1 aromatic heterocycles. The zero-order valence-electron chi connectivity index (χ0n) is 15.5. The highest BCUT2D eigenvalue weighted by Crippen LogP contribution is 2.23. The molecule has 27 heavy (non-hydrogen) atoms. The first-order valence-corrected chi connectivity index (χ1v) is 9.90. The average Bonchev–Trinajstić information content (AvgIpc) is 2.92. The Morgan fingerprint density at radius 3 is 2.44 bits per heavy atom. The van der Waals surface area contributed by atoms with Crippen LogP contribution >= 0.6 is 15.9 Å². The van der Waals surface area contributed by atoms with Crippen molar-refractivity contribution in [1.82, 2.24) is 14.8 Å². The number of carbonyl (C=O) groups is 1. The van der Waals surface area contributed by atoms with Crippen molar-refractivity contribution in [3.05, 3.63) is 51.8 Å². The van der Waals surface area contributed by atoms with Crippen LogP contribution in [-0.2, 0) is 0 Å². The van der Waals surface area contributed by atoms with Gasteiger partial charge < -0.3 is 9.88 Å². The Labute approximate surface area is 166 Å². The fourth-order valence-corrected chi connectivity index (χ4v) is 3.96. The van der Waals surface area contributed by atoms with Crippen molar-refractivity contribution in [2.24, 2.45) is 0 Å². The summed E-state index contributed by atoms with van der Waals surface area (Å²) in [7, 11) is 0. The van der Waals surface area contributed by atoms with E-state index in [1.54, 1.807) is 4.90 Å². The molecule has 0 bridgehead atoms. The van der Waals surface area contributed by atoms with E-state index in [2.05, 4.69) is 25.8 Å². The van der Waals surface area contributed by atoms with Crippen molar-refractivity contribution in [3.8, 4) is 5.69 Å². The number of rotatable bonds is 5. The number of aromatic nitrogens is 1. The summed E-state index contributed by atoms with van der Waals surface area (Å²) in [6, 6.07) is 9.89. The number of hydrogen-bond donors (Lipinski definition) is 1. The SMILES string of the molecule is Cc1cc(C(=O)NC2CCN(CC(F)F)CC2)c(C)n1-c1ccc(Br)cc1. The Balaban J connectivity index is 1.68. The summed E-state index contributed by atoms with van der Waals surface area (Å²) in [6.45, 7) is 4.92. The van der Waals surface area contributed by atoms with Crippen LogP contribution in [0.25, 0.3) is 5.69 Å². The van der Waals surface area contributed by atoms with Crippen molar-refractivity contribution >= 4 is 21.8 Å². The maximum Gasteiger partial charge on any atom is 0.253 e. The number of amides is 1. The van der Waals surface area contributed by atoms with E-state index in [9.17, 15) is 13.6 Å². The van der Waals surface area contributed by atoms with Crippen molar-refractivity contribution in [3.63, 3.8) is 0 Å². The summed E-state index contributed by atoms with van der Waals surface area (Å²) < 4.78 is 28.0. The van der Waals surface area contributed by atoms with E-state index >= 15 is 0 Å². The maximum absolute atomic E-state index is 12.8. The number of benzene rings is 1. The highest BCUT2D eigenvalue weighted by atomic mass is 79.9. The number of likely N-dealkylation sites (tertiary alicyclic amines) is 1. The van der Waals surface area contributed by atoms with E-state index in [0.29, 0.717) is 31.5 Å². The van der Waals surface area contributed by atoms with Gasteiger partial charge in [0.15, 0.2) is 0 Å². The minimum Gasteiger partial charge on any atom is -0.349 e. The van der Waals surface area contributed by atoms with Crippen molar-refractivity contribution in [1.29, 1.82) is 0 Å². The minimum absolute atomic E-state index is 0.0298. The molecule has 0 saturated carbocycles. The van der Waals surface area contributed by atoms with Crippen LogP contribution in [0.5, 0.6) is 0 Å². The molecule has 0 unspecified atom stereocenters. The molecule has 1 aliphatic heterocycles. The third-order valence-corrected chi connectivity index (χ3v) is 5.61. The first kappa shape index (κ1) is 20.0. The van der Waals surface area contributed by atoms with E-state index in [1.807, 2.05) is 44.2 Å². The van der Waals surface area contributed by atoms with Gasteiger partial charge in [0.25, 0.3) is 12.3 Å². The molecule has 0 radical (unpaired) electrons. The molecule has 2 aromatic rings. The van der Waals surface area contributed by atoms with Crippen molar-refractivity contribution in [2.75, 3.05) is 19.6 Å². The molecule has 0 aliphatic carbocycles. The van der Waals surface area contributed by atoms with Crippen LogP contribution in [-0.4, -0.2) is 47.5 Å². The van der Waals surface area contributed by atoms with Gasteiger partial charge in [0.2, 0.25) is 0 Å². The molecule has 1 saturated heterocycles. The molecule has 1 fully saturated rings. The quantitative estimate of drug-likeness (QED) is 0.753. The second-order valence-electron chi connectivity index (χ2n) is 7.04. The van der Waals surface area contributed by atoms with Gasteiger partial charge >= 0.3 is 0 Å². The van der Waals surface area contributed by atoms with Gasteiger partial charge in [-0.05, 0) is 57.0 Å². The average molecular weight is 440 g/mol. The Bertz CT molecular complexity index is 796. The molecule has 4 nitrogen and oxygen atoms in total. The Hall–Kier alpha value is -1.73. The van der Waals surface area contributed by atoms with Crippen LogP contribution in [0.2, 0.25) is 0 Å². The third-order valence-electron chi connectivity index (χ3n) is 5.08. The van der Waals surface area contributed by atoms with Crippen LogP contribution in [0.3, 0.4) is 0 Å². The predicted octanol–water partition coefficient (Wildman–Crippen LogP) is 4.32. The smallest absolute Gasteiger partial charge is 0.253 e. The third kappa shape index (κ3) is 4.76. The van der Waals surface area contributed by atoms with Crippen molar-refractivity contribution < 1.29 is 13.6 Å². The van der Waals surface area contributed by atoms with E-state index in [4.69, 9.17) is 0 Å². The normalized spacial score (nSPS) is 16.1. The van der Waals surface area contributed by atoms with Gasteiger partial charge in [0.1, 0.15) is 0 Å². The van der Waals surface area contributed by atoms with Crippen LogP contribution in [0.15, 0.2) is 34.8 Å². The number of nitrogens with zero attached hydrogens (tertiary/aromatic N) is 2. The Morgan fingerprint density at radius 2 is 1.85 bits per heavy atom. The molecular formula is C20H24BrF2N3O. The lowest BCUT2D eigenvalue weighted by Gasteiger charge is -2.32. The molecule has 1 amide bonds. The lowest BCUT2D eigenvalue weighted by molar-refractivity contribution is 0.0696. The topological polar surface area (TPSA) is 37.3 Å². The fraction of sp³-hybridized carbons (Fsp3) is 0.450. The number of alkyl halides is 2.